The van der Waals surface area contributed by atoms with Crippen molar-refractivity contribution in [3.05, 3.63) is 71.2 Å². The molecule has 1 aromatic heterocycles. The van der Waals surface area contributed by atoms with Crippen LogP contribution in [0.2, 0.25) is 0 Å². The number of hydrogen-bond acceptors (Lipinski definition) is 4. The van der Waals surface area contributed by atoms with Crippen molar-refractivity contribution in [1.82, 2.24) is 0 Å². The van der Waals surface area contributed by atoms with Gasteiger partial charge in [0.05, 0.1) is 7.11 Å². The van der Waals surface area contributed by atoms with Crippen molar-refractivity contribution in [1.29, 1.82) is 0 Å². The van der Waals surface area contributed by atoms with Gasteiger partial charge in [-0.1, -0.05) is 18.2 Å². The van der Waals surface area contributed by atoms with E-state index in [-0.39, 0.29) is 23.9 Å². The first kappa shape index (κ1) is 15.9. The number of ketones is 1. The molecule has 5 heteroatoms. The van der Waals surface area contributed by atoms with Crippen molar-refractivity contribution in [3.63, 3.8) is 0 Å². The molecule has 122 valence electrons. The summed E-state index contributed by atoms with van der Waals surface area (Å²) in [5.41, 5.74) is 1.56. The number of ether oxygens (including phenoxy) is 1. The van der Waals surface area contributed by atoms with E-state index in [1.807, 2.05) is 18.2 Å². The molecule has 0 amide bonds. The maximum Gasteiger partial charge on any atom is 0.305 e. The summed E-state index contributed by atoms with van der Waals surface area (Å²) >= 11 is 0. The molecule has 0 bridgehead atoms. The zero-order chi connectivity index (χ0) is 17.1. The molecule has 0 spiro atoms. The monoisotopic (exact) mass is 326 g/mol. The van der Waals surface area contributed by atoms with Gasteiger partial charge in [-0.25, -0.2) is 4.39 Å². The number of rotatable bonds is 5. The summed E-state index contributed by atoms with van der Waals surface area (Å²) in [6, 6.07) is 12.5. The Morgan fingerprint density at radius 3 is 2.50 bits per heavy atom. The Morgan fingerprint density at radius 2 is 1.79 bits per heavy atom. The highest BCUT2D eigenvalue weighted by atomic mass is 19.1. The van der Waals surface area contributed by atoms with Crippen LogP contribution in [0.25, 0.3) is 11.0 Å². The Balaban J connectivity index is 2.04. The molecule has 1 heterocycles. The normalized spacial score (nSPS) is 10.8. The van der Waals surface area contributed by atoms with Crippen LogP contribution in [0, 0.1) is 5.82 Å². The van der Waals surface area contributed by atoms with Crippen LogP contribution in [0.4, 0.5) is 4.39 Å². The van der Waals surface area contributed by atoms with E-state index in [1.165, 1.54) is 31.4 Å². The first-order chi connectivity index (χ1) is 11.6. The van der Waals surface area contributed by atoms with Gasteiger partial charge in [0.1, 0.15) is 11.4 Å². The number of methoxy groups -OCH3 is 1. The number of aryl methyl sites for hydroxylation is 1. The predicted molar refractivity (Wildman–Crippen MR) is 86.4 cm³/mol. The lowest BCUT2D eigenvalue weighted by Crippen LogP contribution is -2.06. The molecule has 4 nitrogen and oxygen atoms in total. The smallest absolute Gasteiger partial charge is 0.305 e. The van der Waals surface area contributed by atoms with Crippen molar-refractivity contribution in [2.45, 2.75) is 12.8 Å². The van der Waals surface area contributed by atoms with Gasteiger partial charge in [-0.2, -0.15) is 0 Å². The van der Waals surface area contributed by atoms with Gasteiger partial charge in [-0.15, -0.1) is 0 Å². The van der Waals surface area contributed by atoms with Gasteiger partial charge in [0.15, 0.2) is 5.76 Å². The second-order valence-electron chi connectivity index (χ2n) is 5.32. The second kappa shape index (κ2) is 6.66. The fourth-order valence-electron chi connectivity index (χ4n) is 2.59. The number of fused-ring (bicyclic) bond motifs is 1. The molecule has 0 fully saturated rings. The van der Waals surface area contributed by atoms with Crippen molar-refractivity contribution in [2.24, 2.45) is 0 Å². The molecular weight excluding hydrogens is 311 g/mol. The van der Waals surface area contributed by atoms with Crippen LogP contribution in [0.1, 0.15) is 28.1 Å². The maximum atomic E-state index is 13.1. The fourth-order valence-corrected chi connectivity index (χ4v) is 2.59. The largest absolute Gasteiger partial charge is 0.469 e. The van der Waals surface area contributed by atoms with Crippen LogP contribution in [-0.4, -0.2) is 18.9 Å². The van der Waals surface area contributed by atoms with Crippen LogP contribution in [0.5, 0.6) is 0 Å². The maximum absolute atomic E-state index is 13.1. The summed E-state index contributed by atoms with van der Waals surface area (Å²) in [6.07, 6.45) is 0.468. The Hall–Kier alpha value is -2.95. The molecule has 3 rings (SSSR count). The number of hydrogen-bond donors (Lipinski definition) is 0. The molecule has 0 aliphatic rings. The van der Waals surface area contributed by atoms with Gasteiger partial charge in [-0.05, 0) is 36.8 Å². The van der Waals surface area contributed by atoms with Crippen LogP contribution in [0.3, 0.4) is 0 Å². The van der Waals surface area contributed by atoms with E-state index in [0.29, 0.717) is 23.1 Å². The van der Waals surface area contributed by atoms with Gasteiger partial charge in [-0.3, -0.25) is 9.59 Å². The summed E-state index contributed by atoms with van der Waals surface area (Å²) in [6.45, 7) is 0. The first-order valence-corrected chi connectivity index (χ1v) is 7.47. The lowest BCUT2D eigenvalue weighted by molar-refractivity contribution is -0.140. The van der Waals surface area contributed by atoms with Crippen molar-refractivity contribution in [3.8, 4) is 0 Å². The first-order valence-electron chi connectivity index (χ1n) is 7.47. The standard InChI is InChI=1S/C19H15FO4/c1-23-17(21)11-10-15-14-4-2-3-5-16(14)24-19(15)18(22)12-6-8-13(20)9-7-12/h2-9H,10-11H2,1H3. The lowest BCUT2D eigenvalue weighted by Gasteiger charge is -2.03. The van der Waals surface area contributed by atoms with Crippen molar-refractivity contribution in [2.75, 3.05) is 7.11 Å². The Kier molecular flexibility index (Phi) is 4.42. The molecule has 0 saturated heterocycles. The third-order valence-electron chi connectivity index (χ3n) is 3.82. The number of carbonyl (C=O) groups is 2. The number of furan rings is 1. The van der Waals surface area contributed by atoms with Gasteiger partial charge in [0, 0.05) is 22.9 Å². The van der Waals surface area contributed by atoms with E-state index < -0.39 is 5.82 Å². The van der Waals surface area contributed by atoms with Crippen LogP contribution < -0.4 is 0 Å². The summed E-state index contributed by atoms with van der Waals surface area (Å²) in [7, 11) is 1.32. The average molecular weight is 326 g/mol. The zero-order valence-corrected chi connectivity index (χ0v) is 13.0. The van der Waals surface area contributed by atoms with Crippen molar-refractivity contribution >= 4 is 22.7 Å². The van der Waals surface area contributed by atoms with E-state index >= 15 is 0 Å². The Labute approximate surface area is 137 Å². The van der Waals surface area contributed by atoms with Crippen LogP contribution in [-0.2, 0) is 16.0 Å². The minimum atomic E-state index is -0.415. The van der Waals surface area contributed by atoms with Gasteiger partial charge < -0.3 is 9.15 Å². The summed E-state index contributed by atoms with van der Waals surface area (Å²) in [4.78, 5) is 24.2. The summed E-state index contributed by atoms with van der Waals surface area (Å²) < 4.78 is 23.4. The van der Waals surface area contributed by atoms with E-state index in [4.69, 9.17) is 4.42 Å². The molecule has 0 radical (unpaired) electrons. The third kappa shape index (κ3) is 3.06. The second-order valence-corrected chi connectivity index (χ2v) is 5.32. The lowest BCUT2D eigenvalue weighted by atomic mass is 10.0. The summed E-state index contributed by atoms with van der Waals surface area (Å²) in [5.74, 6) is -0.944. The highest BCUT2D eigenvalue weighted by Crippen LogP contribution is 2.29. The fraction of sp³-hybridized carbons (Fsp3) is 0.158. The molecule has 0 aliphatic heterocycles. The molecule has 0 unspecified atom stereocenters. The number of halogens is 1. The van der Waals surface area contributed by atoms with Crippen LogP contribution in [0.15, 0.2) is 52.9 Å². The molecule has 0 N–H and O–H groups in total. The third-order valence-corrected chi connectivity index (χ3v) is 3.82. The molecular formula is C19H15FO4. The predicted octanol–water partition coefficient (Wildman–Crippen LogP) is 3.91. The zero-order valence-electron chi connectivity index (χ0n) is 13.0. The average Bonchev–Trinajstić information content (AvgIpc) is 2.98. The van der Waals surface area contributed by atoms with Gasteiger partial charge in [0.25, 0.3) is 0 Å². The Bertz CT molecular complexity index is 893. The van der Waals surface area contributed by atoms with Crippen LogP contribution >= 0.6 is 0 Å². The minimum absolute atomic E-state index is 0.143. The summed E-state index contributed by atoms with van der Waals surface area (Å²) in [5, 5.41) is 0.784. The number of benzene rings is 2. The minimum Gasteiger partial charge on any atom is -0.469 e. The molecule has 24 heavy (non-hydrogen) atoms. The molecule has 0 saturated carbocycles. The number of carbonyl (C=O) groups excluding carboxylic acids is 2. The number of esters is 1. The van der Waals surface area contributed by atoms with Gasteiger partial charge >= 0.3 is 5.97 Å². The molecule has 0 aliphatic carbocycles. The van der Waals surface area contributed by atoms with Gasteiger partial charge in [0.2, 0.25) is 5.78 Å². The van der Waals surface area contributed by atoms with E-state index in [9.17, 15) is 14.0 Å². The molecule has 0 atom stereocenters. The number of para-hydroxylation sites is 1. The van der Waals surface area contributed by atoms with E-state index in [0.717, 1.165) is 5.39 Å². The van der Waals surface area contributed by atoms with Crippen molar-refractivity contribution < 1.29 is 23.1 Å². The SMILES string of the molecule is COC(=O)CCc1c(C(=O)c2ccc(F)cc2)oc2ccccc12. The van der Waals surface area contributed by atoms with E-state index in [1.54, 1.807) is 6.07 Å². The Morgan fingerprint density at radius 1 is 1.08 bits per heavy atom. The topological polar surface area (TPSA) is 56.5 Å². The quantitative estimate of drug-likeness (QED) is 0.527. The highest BCUT2D eigenvalue weighted by molar-refractivity contribution is 6.10. The highest BCUT2D eigenvalue weighted by Gasteiger charge is 2.22. The molecule has 2 aromatic carbocycles. The van der Waals surface area contributed by atoms with E-state index in [2.05, 4.69) is 4.74 Å². The molecule has 3 aromatic rings.